The zero-order valence-corrected chi connectivity index (χ0v) is 11.4. The Hall–Kier alpha value is -1.75. The Morgan fingerprint density at radius 1 is 1.33 bits per heavy atom. The van der Waals surface area contributed by atoms with Crippen LogP contribution < -0.4 is 5.32 Å². The molecule has 0 aliphatic carbocycles. The first-order valence-electron chi connectivity index (χ1n) is 5.58. The maximum Gasteiger partial charge on any atom is 0.257 e. The highest BCUT2D eigenvalue weighted by molar-refractivity contribution is 7.98. The second-order valence-corrected chi connectivity index (χ2v) is 4.94. The van der Waals surface area contributed by atoms with Crippen molar-refractivity contribution in [1.29, 1.82) is 0 Å². The Balaban J connectivity index is 2.26. The quantitative estimate of drug-likeness (QED) is 0.835. The number of nitrogens with zero attached hydrogens (tertiary/aromatic N) is 1. The molecule has 0 radical (unpaired) electrons. The number of carbonyl (C=O) groups is 1. The summed E-state index contributed by atoms with van der Waals surface area (Å²) in [6.45, 7) is 3.82. The minimum atomic E-state index is -0.115. The fourth-order valence-electron chi connectivity index (χ4n) is 1.63. The molecule has 0 aliphatic rings. The van der Waals surface area contributed by atoms with E-state index in [0.717, 1.165) is 16.0 Å². The molecule has 0 saturated carbocycles. The van der Waals surface area contributed by atoms with Crippen LogP contribution in [-0.4, -0.2) is 22.4 Å². The number of thioether (sulfide) groups is 1. The van der Waals surface area contributed by atoms with Crippen molar-refractivity contribution in [2.45, 2.75) is 18.7 Å². The van der Waals surface area contributed by atoms with Crippen LogP contribution in [0.2, 0.25) is 0 Å². The van der Waals surface area contributed by atoms with Gasteiger partial charge in [-0.1, -0.05) is 6.07 Å². The lowest BCUT2D eigenvalue weighted by molar-refractivity contribution is 0.102. The summed E-state index contributed by atoms with van der Waals surface area (Å²) in [7, 11) is 0. The Bertz CT molecular complexity index is 577. The monoisotopic (exact) mass is 261 g/mol. The van der Waals surface area contributed by atoms with Crippen LogP contribution in [0.25, 0.3) is 0 Å². The summed E-state index contributed by atoms with van der Waals surface area (Å²) < 4.78 is 0. The number of hydrogen-bond acceptors (Lipinski definition) is 3. The standard InChI is InChI=1S/C13H15N3OS/c1-8-4-5-10(18-3)6-11(8)13(17)15-12-9(2)7-14-16-12/h4-7H,1-3H3,(H2,14,15,16,17). The topological polar surface area (TPSA) is 57.8 Å². The van der Waals surface area contributed by atoms with E-state index in [1.165, 1.54) is 0 Å². The predicted octanol–water partition coefficient (Wildman–Crippen LogP) is 3.00. The zero-order chi connectivity index (χ0) is 13.1. The van der Waals surface area contributed by atoms with Crippen LogP contribution in [0, 0.1) is 13.8 Å². The van der Waals surface area contributed by atoms with Gasteiger partial charge in [-0.3, -0.25) is 9.89 Å². The second-order valence-electron chi connectivity index (χ2n) is 4.06. The van der Waals surface area contributed by atoms with Crippen LogP contribution in [-0.2, 0) is 0 Å². The molecule has 0 bridgehead atoms. The summed E-state index contributed by atoms with van der Waals surface area (Å²) in [5.41, 5.74) is 2.57. The summed E-state index contributed by atoms with van der Waals surface area (Å²) in [5, 5.41) is 9.48. The van der Waals surface area contributed by atoms with Gasteiger partial charge in [0.25, 0.3) is 5.91 Å². The first kappa shape index (κ1) is 12.7. The molecule has 2 rings (SSSR count). The molecule has 0 aliphatic heterocycles. The van der Waals surface area contributed by atoms with E-state index in [2.05, 4.69) is 15.5 Å². The van der Waals surface area contributed by atoms with Crippen molar-refractivity contribution >= 4 is 23.5 Å². The van der Waals surface area contributed by atoms with Crippen molar-refractivity contribution in [3.8, 4) is 0 Å². The molecule has 2 aromatic rings. The highest BCUT2D eigenvalue weighted by Crippen LogP contribution is 2.20. The molecular formula is C13H15N3OS. The first-order valence-corrected chi connectivity index (χ1v) is 6.80. The lowest BCUT2D eigenvalue weighted by Crippen LogP contribution is -2.14. The SMILES string of the molecule is CSc1ccc(C)c(C(=O)Nc2[nH]ncc2C)c1. The first-order chi connectivity index (χ1) is 8.61. The molecule has 18 heavy (non-hydrogen) atoms. The van der Waals surface area contributed by atoms with Crippen LogP contribution in [0.15, 0.2) is 29.3 Å². The van der Waals surface area contributed by atoms with Gasteiger partial charge in [-0.15, -0.1) is 11.8 Å². The van der Waals surface area contributed by atoms with Gasteiger partial charge in [-0.25, -0.2) is 0 Å². The molecule has 5 heteroatoms. The third-order valence-electron chi connectivity index (χ3n) is 2.76. The zero-order valence-electron chi connectivity index (χ0n) is 10.6. The third-order valence-corrected chi connectivity index (χ3v) is 3.48. The fourth-order valence-corrected chi connectivity index (χ4v) is 2.07. The van der Waals surface area contributed by atoms with E-state index in [4.69, 9.17) is 0 Å². The lowest BCUT2D eigenvalue weighted by atomic mass is 10.1. The van der Waals surface area contributed by atoms with Gasteiger partial charge < -0.3 is 5.32 Å². The smallest absolute Gasteiger partial charge is 0.257 e. The number of rotatable bonds is 3. The van der Waals surface area contributed by atoms with Gasteiger partial charge in [0.15, 0.2) is 0 Å². The van der Waals surface area contributed by atoms with Crippen molar-refractivity contribution < 1.29 is 4.79 Å². The maximum absolute atomic E-state index is 12.2. The number of aromatic amines is 1. The van der Waals surface area contributed by atoms with Crippen molar-refractivity contribution in [3.05, 3.63) is 41.1 Å². The number of aromatic nitrogens is 2. The normalized spacial score (nSPS) is 10.4. The van der Waals surface area contributed by atoms with Crippen LogP contribution >= 0.6 is 11.8 Å². The Kier molecular flexibility index (Phi) is 3.72. The largest absolute Gasteiger partial charge is 0.307 e. The Labute approximate surface area is 110 Å². The molecule has 1 aromatic carbocycles. The molecule has 0 saturated heterocycles. The number of aryl methyl sites for hydroxylation is 2. The average Bonchev–Trinajstić information content (AvgIpc) is 2.75. The molecule has 2 N–H and O–H groups in total. The number of benzene rings is 1. The van der Waals surface area contributed by atoms with E-state index in [9.17, 15) is 4.79 Å². The Morgan fingerprint density at radius 2 is 2.11 bits per heavy atom. The van der Waals surface area contributed by atoms with Crippen LogP contribution in [0.4, 0.5) is 5.82 Å². The van der Waals surface area contributed by atoms with Crippen molar-refractivity contribution in [2.75, 3.05) is 11.6 Å². The molecular weight excluding hydrogens is 246 g/mol. The predicted molar refractivity (Wildman–Crippen MR) is 74.2 cm³/mol. The summed E-state index contributed by atoms with van der Waals surface area (Å²) in [4.78, 5) is 13.3. The summed E-state index contributed by atoms with van der Waals surface area (Å²) >= 11 is 1.62. The van der Waals surface area contributed by atoms with Crippen molar-refractivity contribution in [1.82, 2.24) is 10.2 Å². The van der Waals surface area contributed by atoms with Gasteiger partial charge in [-0.05, 0) is 37.8 Å². The average molecular weight is 261 g/mol. The van der Waals surface area contributed by atoms with Crippen molar-refractivity contribution in [2.24, 2.45) is 0 Å². The van der Waals surface area contributed by atoms with Crippen LogP contribution in [0.3, 0.4) is 0 Å². The van der Waals surface area contributed by atoms with Gasteiger partial charge in [0.2, 0.25) is 0 Å². The van der Waals surface area contributed by atoms with Gasteiger partial charge in [-0.2, -0.15) is 5.10 Å². The molecule has 4 nitrogen and oxygen atoms in total. The van der Waals surface area contributed by atoms with Crippen LogP contribution in [0.5, 0.6) is 0 Å². The highest BCUT2D eigenvalue weighted by atomic mass is 32.2. The van der Waals surface area contributed by atoms with Crippen molar-refractivity contribution in [3.63, 3.8) is 0 Å². The lowest BCUT2D eigenvalue weighted by Gasteiger charge is -2.08. The number of H-pyrrole nitrogens is 1. The number of amides is 1. The van der Waals surface area contributed by atoms with E-state index in [1.54, 1.807) is 18.0 Å². The third kappa shape index (κ3) is 2.56. The van der Waals surface area contributed by atoms with Gasteiger partial charge in [0.1, 0.15) is 5.82 Å². The summed E-state index contributed by atoms with van der Waals surface area (Å²) in [6.07, 6.45) is 3.67. The van der Waals surface area contributed by atoms with Gasteiger partial charge in [0.05, 0.1) is 6.20 Å². The maximum atomic E-state index is 12.2. The molecule has 1 heterocycles. The van der Waals surface area contributed by atoms with Gasteiger partial charge >= 0.3 is 0 Å². The highest BCUT2D eigenvalue weighted by Gasteiger charge is 2.12. The van der Waals surface area contributed by atoms with E-state index >= 15 is 0 Å². The van der Waals surface area contributed by atoms with E-state index in [1.807, 2.05) is 38.3 Å². The molecule has 94 valence electrons. The minimum absolute atomic E-state index is 0.115. The van der Waals surface area contributed by atoms with E-state index in [-0.39, 0.29) is 5.91 Å². The van der Waals surface area contributed by atoms with Gasteiger partial charge in [0, 0.05) is 16.0 Å². The molecule has 0 fully saturated rings. The van der Waals surface area contributed by atoms with E-state index in [0.29, 0.717) is 11.4 Å². The molecule has 1 amide bonds. The summed E-state index contributed by atoms with van der Waals surface area (Å²) in [6, 6.07) is 5.87. The number of hydrogen-bond donors (Lipinski definition) is 2. The number of nitrogens with one attached hydrogen (secondary N) is 2. The fraction of sp³-hybridized carbons (Fsp3) is 0.231. The molecule has 0 unspecified atom stereocenters. The minimum Gasteiger partial charge on any atom is -0.307 e. The van der Waals surface area contributed by atoms with Crippen LogP contribution in [0.1, 0.15) is 21.5 Å². The summed E-state index contributed by atoms with van der Waals surface area (Å²) in [5.74, 6) is 0.532. The molecule has 0 spiro atoms. The van der Waals surface area contributed by atoms with E-state index < -0.39 is 0 Å². The molecule has 0 atom stereocenters. The second kappa shape index (κ2) is 5.27. The number of carbonyl (C=O) groups excluding carboxylic acids is 1. The Morgan fingerprint density at radius 3 is 2.72 bits per heavy atom. The molecule has 1 aromatic heterocycles. The number of anilines is 1.